The maximum atomic E-state index is 13.2. The molecule has 2 heterocycles. The number of carbonyl (C=O) groups is 1. The van der Waals surface area contributed by atoms with E-state index < -0.39 is 0 Å². The van der Waals surface area contributed by atoms with Gasteiger partial charge in [0.15, 0.2) is 17.1 Å². The summed E-state index contributed by atoms with van der Waals surface area (Å²) in [5, 5.41) is 7.59. The second kappa shape index (κ2) is 10.6. The quantitative estimate of drug-likeness (QED) is 0.349. The summed E-state index contributed by atoms with van der Waals surface area (Å²) in [6.07, 6.45) is 1.57. The molecule has 36 heavy (non-hydrogen) atoms. The van der Waals surface area contributed by atoms with Gasteiger partial charge in [-0.15, -0.1) is 0 Å². The highest BCUT2D eigenvalue weighted by Crippen LogP contribution is 2.36. The highest BCUT2D eigenvalue weighted by atomic mass is 16.5. The van der Waals surface area contributed by atoms with Crippen LogP contribution in [0.2, 0.25) is 0 Å². The molecule has 0 aliphatic rings. The topological polar surface area (TPSA) is 96.2 Å². The summed E-state index contributed by atoms with van der Waals surface area (Å²) < 4.78 is 23.8. The Labute approximate surface area is 210 Å². The van der Waals surface area contributed by atoms with Crippen molar-refractivity contribution in [1.29, 1.82) is 0 Å². The third kappa shape index (κ3) is 4.64. The van der Waals surface area contributed by atoms with Crippen LogP contribution in [-0.2, 0) is 0 Å². The number of nitrogens with zero attached hydrogens (tertiary/aromatic N) is 3. The fraction of sp³-hybridized carbons (Fsp3) is 0.296. The van der Waals surface area contributed by atoms with E-state index >= 15 is 0 Å². The molecule has 9 heteroatoms. The molecule has 0 radical (unpaired) electrons. The van der Waals surface area contributed by atoms with E-state index in [0.717, 1.165) is 16.8 Å². The maximum absolute atomic E-state index is 13.2. The van der Waals surface area contributed by atoms with Gasteiger partial charge in [-0.3, -0.25) is 4.79 Å². The molecule has 4 aromatic rings. The molecule has 0 aliphatic carbocycles. The van der Waals surface area contributed by atoms with Crippen molar-refractivity contribution in [1.82, 2.24) is 14.6 Å². The molecule has 0 spiro atoms. The number of aryl methyl sites for hydroxylation is 2. The van der Waals surface area contributed by atoms with E-state index in [1.807, 2.05) is 45.9 Å². The Balaban J connectivity index is 1.72. The summed E-state index contributed by atoms with van der Waals surface area (Å²) in [6.45, 7) is 8.69. The first-order valence-electron chi connectivity index (χ1n) is 11.7. The van der Waals surface area contributed by atoms with Gasteiger partial charge >= 0.3 is 0 Å². The average molecular weight is 491 g/mol. The van der Waals surface area contributed by atoms with Crippen molar-refractivity contribution in [3.05, 3.63) is 59.5 Å². The van der Waals surface area contributed by atoms with Gasteiger partial charge in [0.1, 0.15) is 11.5 Å². The largest absolute Gasteiger partial charge is 0.497 e. The van der Waals surface area contributed by atoms with E-state index in [4.69, 9.17) is 24.0 Å². The summed E-state index contributed by atoms with van der Waals surface area (Å²) >= 11 is 0. The standard InChI is InChI=1S/C27H30N4O5/c1-7-35-22-12-9-18(13-24(22)36-8-2)25-16(3)30-31-17(4)20(15-28-26(25)31)27(32)29-21-11-10-19(33-5)14-23(21)34-6/h9-15H,7-8H2,1-6H3,(H,29,32). The van der Waals surface area contributed by atoms with Gasteiger partial charge in [-0.25, -0.2) is 9.50 Å². The molecule has 0 unspecified atom stereocenters. The molecule has 1 amide bonds. The highest BCUT2D eigenvalue weighted by Gasteiger charge is 2.21. The summed E-state index contributed by atoms with van der Waals surface area (Å²) in [4.78, 5) is 17.8. The molecular weight excluding hydrogens is 460 g/mol. The number of aromatic nitrogens is 3. The van der Waals surface area contributed by atoms with Crippen LogP contribution in [0.4, 0.5) is 5.69 Å². The van der Waals surface area contributed by atoms with Gasteiger partial charge in [0, 0.05) is 17.8 Å². The Bertz CT molecular complexity index is 1410. The molecule has 0 saturated carbocycles. The summed E-state index contributed by atoms with van der Waals surface area (Å²) in [5.41, 5.74) is 4.79. The van der Waals surface area contributed by atoms with Crippen molar-refractivity contribution < 1.29 is 23.7 Å². The van der Waals surface area contributed by atoms with Gasteiger partial charge in [0.05, 0.1) is 50.1 Å². The summed E-state index contributed by atoms with van der Waals surface area (Å²) in [6, 6.07) is 11.0. The van der Waals surface area contributed by atoms with Gasteiger partial charge in [-0.2, -0.15) is 5.10 Å². The number of anilines is 1. The minimum atomic E-state index is -0.320. The zero-order valence-electron chi connectivity index (χ0n) is 21.3. The molecule has 1 N–H and O–H groups in total. The Kier molecular flexibility index (Phi) is 7.28. The molecule has 0 saturated heterocycles. The lowest BCUT2D eigenvalue weighted by atomic mass is 10.1. The first-order chi connectivity index (χ1) is 17.4. The number of benzene rings is 2. The number of amides is 1. The van der Waals surface area contributed by atoms with Gasteiger partial charge in [0.2, 0.25) is 0 Å². The number of ether oxygens (including phenoxy) is 4. The van der Waals surface area contributed by atoms with Crippen molar-refractivity contribution in [2.24, 2.45) is 0 Å². The van der Waals surface area contributed by atoms with Crippen LogP contribution in [0.15, 0.2) is 42.6 Å². The Morgan fingerprint density at radius 2 is 1.69 bits per heavy atom. The van der Waals surface area contributed by atoms with E-state index in [0.29, 0.717) is 58.8 Å². The maximum Gasteiger partial charge on any atom is 0.259 e. The van der Waals surface area contributed by atoms with Crippen LogP contribution >= 0.6 is 0 Å². The third-order valence-corrected chi connectivity index (χ3v) is 5.79. The Hall–Kier alpha value is -4.27. The van der Waals surface area contributed by atoms with E-state index in [-0.39, 0.29) is 5.91 Å². The molecule has 0 bridgehead atoms. The molecule has 0 aliphatic heterocycles. The minimum Gasteiger partial charge on any atom is -0.497 e. The van der Waals surface area contributed by atoms with Gasteiger partial charge in [-0.1, -0.05) is 6.07 Å². The summed E-state index contributed by atoms with van der Waals surface area (Å²) in [7, 11) is 3.11. The van der Waals surface area contributed by atoms with E-state index in [9.17, 15) is 4.79 Å². The van der Waals surface area contributed by atoms with Crippen LogP contribution in [0.1, 0.15) is 35.6 Å². The SMILES string of the molecule is CCOc1ccc(-c2c(C)nn3c(C)c(C(=O)Nc4ccc(OC)cc4OC)cnc23)cc1OCC. The lowest BCUT2D eigenvalue weighted by molar-refractivity contribution is 0.102. The number of methoxy groups -OCH3 is 2. The third-order valence-electron chi connectivity index (χ3n) is 5.79. The molecular formula is C27H30N4O5. The van der Waals surface area contributed by atoms with Crippen LogP contribution in [0, 0.1) is 13.8 Å². The first kappa shape index (κ1) is 24.8. The van der Waals surface area contributed by atoms with Gasteiger partial charge in [-0.05, 0) is 57.5 Å². The van der Waals surface area contributed by atoms with Crippen molar-refractivity contribution in [2.45, 2.75) is 27.7 Å². The normalized spacial score (nSPS) is 10.8. The second-order valence-corrected chi connectivity index (χ2v) is 8.00. The van der Waals surface area contributed by atoms with Crippen LogP contribution in [0.3, 0.4) is 0 Å². The number of fused-ring (bicyclic) bond motifs is 1. The van der Waals surface area contributed by atoms with Gasteiger partial charge < -0.3 is 24.3 Å². The predicted molar refractivity (Wildman–Crippen MR) is 138 cm³/mol. The van der Waals surface area contributed by atoms with Crippen molar-refractivity contribution in [3.8, 4) is 34.1 Å². The predicted octanol–water partition coefficient (Wildman–Crippen LogP) is 5.08. The number of carbonyl (C=O) groups excluding carboxylic acids is 1. The average Bonchev–Trinajstić information content (AvgIpc) is 3.22. The molecule has 4 rings (SSSR count). The number of rotatable bonds is 9. The Morgan fingerprint density at radius 1 is 0.944 bits per heavy atom. The van der Waals surface area contributed by atoms with E-state index in [1.54, 1.807) is 36.0 Å². The fourth-order valence-corrected chi connectivity index (χ4v) is 4.06. The van der Waals surface area contributed by atoms with E-state index in [2.05, 4.69) is 10.3 Å². The number of hydrogen-bond acceptors (Lipinski definition) is 7. The first-order valence-corrected chi connectivity index (χ1v) is 11.7. The minimum absolute atomic E-state index is 0.320. The lowest BCUT2D eigenvalue weighted by Crippen LogP contribution is -2.16. The van der Waals surface area contributed by atoms with Crippen LogP contribution in [-0.4, -0.2) is 47.9 Å². The van der Waals surface area contributed by atoms with Crippen molar-refractivity contribution >= 4 is 17.2 Å². The Morgan fingerprint density at radius 3 is 2.39 bits per heavy atom. The lowest BCUT2D eigenvalue weighted by Gasteiger charge is -2.13. The van der Waals surface area contributed by atoms with Crippen LogP contribution < -0.4 is 24.3 Å². The zero-order chi connectivity index (χ0) is 25.8. The second-order valence-electron chi connectivity index (χ2n) is 8.00. The molecule has 188 valence electrons. The molecule has 2 aromatic carbocycles. The zero-order valence-corrected chi connectivity index (χ0v) is 21.3. The summed E-state index contributed by atoms with van der Waals surface area (Å²) in [5.74, 6) is 2.16. The van der Waals surface area contributed by atoms with Crippen molar-refractivity contribution in [3.63, 3.8) is 0 Å². The van der Waals surface area contributed by atoms with Crippen molar-refractivity contribution in [2.75, 3.05) is 32.8 Å². The smallest absolute Gasteiger partial charge is 0.259 e. The fourth-order valence-electron chi connectivity index (χ4n) is 4.06. The van der Waals surface area contributed by atoms with Gasteiger partial charge in [0.25, 0.3) is 5.91 Å². The van der Waals surface area contributed by atoms with Crippen LogP contribution in [0.5, 0.6) is 23.0 Å². The molecule has 0 atom stereocenters. The molecule has 9 nitrogen and oxygen atoms in total. The van der Waals surface area contributed by atoms with E-state index in [1.165, 1.54) is 7.11 Å². The van der Waals surface area contributed by atoms with Crippen LogP contribution in [0.25, 0.3) is 16.8 Å². The molecule has 0 fully saturated rings. The monoisotopic (exact) mass is 490 g/mol. The number of hydrogen-bond donors (Lipinski definition) is 1. The molecule has 2 aromatic heterocycles. The number of nitrogens with one attached hydrogen (secondary N) is 1. The highest BCUT2D eigenvalue weighted by molar-refractivity contribution is 6.06.